The molecule has 0 bridgehead atoms. The van der Waals surface area contributed by atoms with Crippen molar-refractivity contribution in [3.8, 4) is 0 Å². The number of hydrogen-bond acceptors (Lipinski definition) is 3. The largest absolute Gasteiger partial charge is 0.376 e. The van der Waals surface area contributed by atoms with Crippen LogP contribution in [0.15, 0.2) is 24.3 Å². The first kappa shape index (κ1) is 16.8. The molecule has 1 aromatic rings. The van der Waals surface area contributed by atoms with Crippen molar-refractivity contribution in [2.24, 2.45) is 0 Å². The van der Waals surface area contributed by atoms with Gasteiger partial charge in [-0.3, -0.25) is 9.59 Å². The highest BCUT2D eigenvalue weighted by atomic mass is 35.5. The first-order valence-electron chi connectivity index (χ1n) is 7.45. The zero-order chi connectivity index (χ0) is 15.9. The Hall–Kier alpha value is -1.59. The first-order chi connectivity index (χ1) is 10.5. The predicted octanol–water partition coefficient (Wildman–Crippen LogP) is 2.20. The van der Waals surface area contributed by atoms with E-state index in [4.69, 9.17) is 16.3 Å². The van der Waals surface area contributed by atoms with E-state index in [1.807, 2.05) is 12.1 Å². The van der Waals surface area contributed by atoms with Gasteiger partial charge in [-0.1, -0.05) is 23.7 Å². The van der Waals surface area contributed by atoms with E-state index >= 15 is 0 Å². The van der Waals surface area contributed by atoms with Gasteiger partial charge in [0.05, 0.1) is 18.6 Å². The summed E-state index contributed by atoms with van der Waals surface area (Å²) in [5.41, 5.74) is 0.854. The molecule has 1 aliphatic heterocycles. The van der Waals surface area contributed by atoms with Gasteiger partial charge in [-0.15, -0.1) is 0 Å². The van der Waals surface area contributed by atoms with Crippen LogP contribution in [0.5, 0.6) is 0 Å². The van der Waals surface area contributed by atoms with E-state index in [2.05, 4.69) is 10.6 Å². The van der Waals surface area contributed by atoms with Gasteiger partial charge in [-0.2, -0.15) is 0 Å². The first-order valence-corrected chi connectivity index (χ1v) is 7.83. The quantitative estimate of drug-likeness (QED) is 0.843. The van der Waals surface area contributed by atoms with Crippen molar-refractivity contribution >= 4 is 23.4 Å². The summed E-state index contributed by atoms with van der Waals surface area (Å²) >= 11 is 5.87. The zero-order valence-electron chi connectivity index (χ0n) is 12.6. The number of rotatable bonds is 6. The maximum absolute atomic E-state index is 12.1. The Kier molecular flexibility index (Phi) is 6.21. The standard InChI is InChI=1S/C16H21ClN2O3/c1-11(20)19-15(12-4-6-13(17)7-5-12)9-16(21)18-10-14-3-2-8-22-14/h4-7,14-15H,2-3,8-10H2,1H3,(H,18,21)(H,19,20). The molecule has 0 radical (unpaired) electrons. The molecule has 2 atom stereocenters. The molecule has 0 spiro atoms. The summed E-state index contributed by atoms with van der Waals surface area (Å²) in [7, 11) is 0. The number of amides is 2. The summed E-state index contributed by atoms with van der Waals surface area (Å²) in [5, 5.41) is 6.29. The molecule has 1 fully saturated rings. The van der Waals surface area contributed by atoms with Gasteiger partial charge in [0.25, 0.3) is 0 Å². The van der Waals surface area contributed by atoms with Crippen molar-refractivity contribution in [1.29, 1.82) is 0 Å². The number of carbonyl (C=O) groups excluding carboxylic acids is 2. The normalized spacial score (nSPS) is 18.7. The van der Waals surface area contributed by atoms with Gasteiger partial charge < -0.3 is 15.4 Å². The fourth-order valence-corrected chi connectivity index (χ4v) is 2.61. The highest BCUT2D eigenvalue weighted by Gasteiger charge is 2.19. The molecular formula is C16H21ClN2O3. The number of hydrogen-bond donors (Lipinski definition) is 2. The van der Waals surface area contributed by atoms with Crippen LogP contribution in [0, 0.1) is 0 Å². The van der Waals surface area contributed by atoms with Gasteiger partial charge in [-0.25, -0.2) is 0 Å². The zero-order valence-corrected chi connectivity index (χ0v) is 13.4. The molecular weight excluding hydrogens is 304 g/mol. The van der Waals surface area contributed by atoms with Crippen LogP contribution in [0.3, 0.4) is 0 Å². The minimum atomic E-state index is -0.362. The van der Waals surface area contributed by atoms with Crippen LogP contribution in [-0.4, -0.2) is 31.1 Å². The Morgan fingerprint density at radius 1 is 1.36 bits per heavy atom. The molecule has 2 rings (SSSR count). The summed E-state index contributed by atoms with van der Waals surface area (Å²) in [4.78, 5) is 23.4. The minimum absolute atomic E-state index is 0.107. The Balaban J connectivity index is 1.91. The minimum Gasteiger partial charge on any atom is -0.376 e. The van der Waals surface area contributed by atoms with Crippen molar-refractivity contribution in [2.75, 3.05) is 13.2 Å². The molecule has 2 N–H and O–H groups in total. The van der Waals surface area contributed by atoms with E-state index < -0.39 is 0 Å². The van der Waals surface area contributed by atoms with Crippen molar-refractivity contribution in [3.63, 3.8) is 0 Å². The number of ether oxygens (including phenoxy) is 1. The Morgan fingerprint density at radius 2 is 2.09 bits per heavy atom. The van der Waals surface area contributed by atoms with E-state index in [0.717, 1.165) is 25.0 Å². The van der Waals surface area contributed by atoms with Gasteiger partial charge >= 0.3 is 0 Å². The van der Waals surface area contributed by atoms with E-state index in [-0.39, 0.29) is 30.4 Å². The topological polar surface area (TPSA) is 67.4 Å². The monoisotopic (exact) mass is 324 g/mol. The summed E-state index contributed by atoms with van der Waals surface area (Å²) in [6, 6.07) is 6.76. The maximum atomic E-state index is 12.1. The van der Waals surface area contributed by atoms with Crippen LogP contribution >= 0.6 is 11.6 Å². The fourth-order valence-electron chi connectivity index (χ4n) is 2.48. The second kappa shape index (κ2) is 8.15. The molecule has 120 valence electrons. The van der Waals surface area contributed by atoms with Crippen molar-refractivity contribution in [2.45, 2.75) is 38.3 Å². The summed E-state index contributed by atoms with van der Waals surface area (Å²) < 4.78 is 5.47. The van der Waals surface area contributed by atoms with Gasteiger partial charge in [0, 0.05) is 25.1 Å². The average Bonchev–Trinajstić information content (AvgIpc) is 2.98. The maximum Gasteiger partial charge on any atom is 0.222 e. The second-order valence-corrected chi connectivity index (χ2v) is 5.88. The molecule has 2 amide bonds. The lowest BCUT2D eigenvalue weighted by Gasteiger charge is -2.19. The van der Waals surface area contributed by atoms with Gasteiger partial charge in [0.2, 0.25) is 11.8 Å². The number of benzene rings is 1. The molecule has 5 nitrogen and oxygen atoms in total. The molecule has 6 heteroatoms. The summed E-state index contributed by atoms with van der Waals surface area (Å²) in [6.45, 7) is 2.72. The summed E-state index contributed by atoms with van der Waals surface area (Å²) in [6.07, 6.45) is 2.32. The highest BCUT2D eigenvalue weighted by molar-refractivity contribution is 6.30. The third-order valence-corrected chi connectivity index (χ3v) is 3.84. The number of carbonyl (C=O) groups is 2. The van der Waals surface area contributed by atoms with Gasteiger partial charge in [-0.05, 0) is 30.5 Å². The van der Waals surface area contributed by atoms with Crippen LogP contribution < -0.4 is 10.6 Å². The van der Waals surface area contributed by atoms with Crippen LogP contribution in [0.2, 0.25) is 5.02 Å². The van der Waals surface area contributed by atoms with E-state index in [9.17, 15) is 9.59 Å². The van der Waals surface area contributed by atoms with Crippen molar-refractivity contribution < 1.29 is 14.3 Å². The molecule has 1 aromatic carbocycles. The molecule has 1 aliphatic rings. The lowest BCUT2D eigenvalue weighted by Crippen LogP contribution is -2.36. The van der Waals surface area contributed by atoms with Crippen LogP contribution in [0.1, 0.15) is 37.8 Å². The highest BCUT2D eigenvalue weighted by Crippen LogP contribution is 2.19. The molecule has 1 saturated heterocycles. The Bertz CT molecular complexity index is 513. The fraction of sp³-hybridized carbons (Fsp3) is 0.500. The molecule has 2 unspecified atom stereocenters. The van der Waals surface area contributed by atoms with Gasteiger partial charge in [0.1, 0.15) is 0 Å². The van der Waals surface area contributed by atoms with Crippen molar-refractivity contribution in [3.05, 3.63) is 34.9 Å². The van der Waals surface area contributed by atoms with E-state index in [0.29, 0.717) is 11.6 Å². The number of halogens is 1. The lowest BCUT2D eigenvalue weighted by atomic mass is 10.0. The lowest BCUT2D eigenvalue weighted by molar-refractivity contribution is -0.123. The second-order valence-electron chi connectivity index (χ2n) is 5.45. The Morgan fingerprint density at radius 3 is 2.68 bits per heavy atom. The van der Waals surface area contributed by atoms with Crippen LogP contribution in [0.4, 0.5) is 0 Å². The Labute approximate surface area is 135 Å². The molecule has 1 heterocycles. The van der Waals surface area contributed by atoms with Crippen LogP contribution in [0.25, 0.3) is 0 Å². The predicted molar refractivity (Wildman–Crippen MR) is 84.6 cm³/mol. The average molecular weight is 325 g/mol. The summed E-state index contributed by atoms with van der Waals surface area (Å²) in [5.74, 6) is -0.281. The van der Waals surface area contributed by atoms with Crippen molar-refractivity contribution in [1.82, 2.24) is 10.6 Å². The number of nitrogens with one attached hydrogen (secondary N) is 2. The molecule has 22 heavy (non-hydrogen) atoms. The molecule has 0 aliphatic carbocycles. The third-order valence-electron chi connectivity index (χ3n) is 3.59. The molecule has 0 saturated carbocycles. The van der Waals surface area contributed by atoms with Gasteiger partial charge in [0.15, 0.2) is 0 Å². The van der Waals surface area contributed by atoms with E-state index in [1.165, 1.54) is 6.92 Å². The van der Waals surface area contributed by atoms with E-state index in [1.54, 1.807) is 12.1 Å². The van der Waals surface area contributed by atoms with Crippen LogP contribution in [-0.2, 0) is 14.3 Å². The SMILES string of the molecule is CC(=O)NC(CC(=O)NCC1CCCO1)c1ccc(Cl)cc1. The third kappa shape index (κ3) is 5.31. The smallest absolute Gasteiger partial charge is 0.222 e. The molecule has 0 aromatic heterocycles.